The van der Waals surface area contributed by atoms with Crippen molar-refractivity contribution in [3.63, 3.8) is 0 Å². The second-order valence-corrected chi connectivity index (χ2v) is 11.3. The van der Waals surface area contributed by atoms with Crippen LogP contribution in [0.15, 0.2) is 35.2 Å². The number of benzene rings is 1. The molecule has 2 aliphatic heterocycles. The Hall–Kier alpha value is -1.93. The number of likely N-dealkylation sites (tertiary alicyclic amines) is 1. The molecule has 0 bridgehead atoms. The average Bonchev–Trinajstić information content (AvgIpc) is 3.26. The lowest BCUT2D eigenvalue weighted by atomic mass is 9.66. The molecule has 1 spiro atoms. The highest BCUT2D eigenvalue weighted by atomic mass is 32.2. The van der Waals surface area contributed by atoms with Crippen LogP contribution in [0.4, 0.5) is 0 Å². The average molecular weight is 434 g/mol. The highest BCUT2D eigenvalue weighted by Gasteiger charge is 2.65. The summed E-state index contributed by atoms with van der Waals surface area (Å²) in [6, 6.07) is 8.57. The fraction of sp³-hybridized carbons (Fsp3) is 0.636. The molecule has 30 heavy (non-hydrogen) atoms. The second kappa shape index (κ2) is 7.34. The Morgan fingerprint density at radius 2 is 1.67 bits per heavy atom. The minimum atomic E-state index is -3.51. The number of rotatable bonds is 3. The van der Waals surface area contributed by atoms with Crippen LogP contribution in [-0.2, 0) is 19.6 Å². The molecule has 7 nitrogen and oxygen atoms in total. The van der Waals surface area contributed by atoms with E-state index in [1.165, 1.54) is 0 Å². The fourth-order valence-electron chi connectivity index (χ4n) is 6.11. The van der Waals surface area contributed by atoms with Crippen molar-refractivity contribution < 1.29 is 18.0 Å². The Kier molecular flexibility index (Phi) is 5.21. The van der Waals surface area contributed by atoms with Gasteiger partial charge in [-0.05, 0) is 49.1 Å². The normalized spacial score (nSPS) is 28.5. The first-order valence-electron chi connectivity index (χ1n) is 10.6. The third-order valence-corrected chi connectivity index (χ3v) is 9.64. The first kappa shape index (κ1) is 21.3. The van der Waals surface area contributed by atoms with E-state index < -0.39 is 15.4 Å². The lowest BCUT2D eigenvalue weighted by Gasteiger charge is -2.44. The minimum Gasteiger partial charge on any atom is -0.348 e. The number of sulfonamides is 1. The lowest BCUT2D eigenvalue weighted by molar-refractivity contribution is -0.141. The van der Waals surface area contributed by atoms with E-state index >= 15 is 0 Å². The van der Waals surface area contributed by atoms with Crippen molar-refractivity contribution in [1.82, 2.24) is 14.1 Å². The van der Waals surface area contributed by atoms with Gasteiger partial charge in [0.1, 0.15) is 0 Å². The predicted octanol–water partition coefficient (Wildman–Crippen LogP) is 1.80. The molecule has 1 aromatic rings. The smallest absolute Gasteiger partial charge is 0.243 e. The van der Waals surface area contributed by atoms with E-state index in [0.717, 1.165) is 25.7 Å². The number of hydrogen-bond acceptors (Lipinski definition) is 4. The van der Waals surface area contributed by atoms with Gasteiger partial charge >= 0.3 is 0 Å². The molecule has 4 rings (SSSR count). The Labute approximate surface area is 179 Å². The van der Waals surface area contributed by atoms with Gasteiger partial charge in [-0.15, -0.1) is 0 Å². The summed E-state index contributed by atoms with van der Waals surface area (Å²) < 4.78 is 27.6. The van der Waals surface area contributed by atoms with Crippen molar-refractivity contribution in [3.8, 4) is 0 Å². The summed E-state index contributed by atoms with van der Waals surface area (Å²) >= 11 is 0. The van der Waals surface area contributed by atoms with Crippen LogP contribution in [0.2, 0.25) is 0 Å². The molecule has 3 aliphatic rings. The number of carbonyl (C=O) groups is 2. The van der Waals surface area contributed by atoms with Crippen LogP contribution in [0.25, 0.3) is 0 Å². The number of hydrogen-bond donors (Lipinski definition) is 0. The summed E-state index contributed by atoms with van der Waals surface area (Å²) in [6.45, 7) is 3.56. The molecular formula is C22H31N3O4S. The van der Waals surface area contributed by atoms with Crippen LogP contribution in [0.3, 0.4) is 0 Å². The number of amides is 2. The van der Waals surface area contributed by atoms with Gasteiger partial charge in [-0.25, -0.2) is 8.42 Å². The molecule has 1 aliphatic carbocycles. The topological polar surface area (TPSA) is 78.0 Å². The van der Waals surface area contributed by atoms with Gasteiger partial charge in [0.15, 0.2) is 0 Å². The van der Waals surface area contributed by atoms with Crippen molar-refractivity contribution in [2.75, 3.05) is 40.3 Å². The third kappa shape index (κ3) is 3.15. The number of fused-ring (bicyclic) bond motifs is 2. The number of carbonyl (C=O) groups excluding carboxylic acids is 2. The van der Waals surface area contributed by atoms with Crippen molar-refractivity contribution in [3.05, 3.63) is 30.3 Å². The van der Waals surface area contributed by atoms with Crippen molar-refractivity contribution in [1.29, 1.82) is 0 Å². The third-order valence-electron chi connectivity index (χ3n) is 7.73. The summed E-state index contributed by atoms with van der Waals surface area (Å²) in [5.41, 5.74) is -0.617. The van der Waals surface area contributed by atoms with Crippen LogP contribution in [0, 0.1) is 16.7 Å². The maximum absolute atomic E-state index is 13.2. The van der Waals surface area contributed by atoms with E-state index in [1.54, 1.807) is 54.5 Å². The molecule has 3 fully saturated rings. The molecule has 1 saturated carbocycles. The van der Waals surface area contributed by atoms with Gasteiger partial charge in [-0.1, -0.05) is 18.2 Å². The molecule has 0 aromatic heterocycles. The Balaban J connectivity index is 1.58. The molecule has 2 atom stereocenters. The first-order valence-corrected chi connectivity index (χ1v) is 12.1. The molecule has 0 N–H and O–H groups in total. The van der Waals surface area contributed by atoms with E-state index in [0.29, 0.717) is 31.1 Å². The van der Waals surface area contributed by atoms with Gasteiger partial charge in [0.2, 0.25) is 21.8 Å². The van der Waals surface area contributed by atoms with Gasteiger partial charge in [0, 0.05) is 47.2 Å². The van der Waals surface area contributed by atoms with Gasteiger partial charge in [0.05, 0.1) is 10.3 Å². The Morgan fingerprint density at radius 1 is 1.03 bits per heavy atom. The van der Waals surface area contributed by atoms with E-state index in [2.05, 4.69) is 0 Å². The summed E-state index contributed by atoms with van der Waals surface area (Å²) in [6.07, 6.45) is 3.15. The number of nitrogens with zero attached hydrogens (tertiary/aromatic N) is 3. The van der Waals surface area contributed by atoms with Gasteiger partial charge in [-0.3, -0.25) is 9.59 Å². The molecular weight excluding hydrogens is 402 g/mol. The van der Waals surface area contributed by atoms with Gasteiger partial charge in [-0.2, -0.15) is 4.31 Å². The van der Waals surface area contributed by atoms with E-state index in [4.69, 9.17) is 0 Å². The summed E-state index contributed by atoms with van der Waals surface area (Å²) in [5, 5.41) is 0. The van der Waals surface area contributed by atoms with Crippen LogP contribution < -0.4 is 0 Å². The van der Waals surface area contributed by atoms with Gasteiger partial charge < -0.3 is 9.80 Å². The van der Waals surface area contributed by atoms with Crippen molar-refractivity contribution in [2.24, 2.45) is 16.7 Å². The molecule has 1 aromatic carbocycles. The highest BCUT2D eigenvalue weighted by molar-refractivity contribution is 7.89. The predicted molar refractivity (Wildman–Crippen MR) is 113 cm³/mol. The van der Waals surface area contributed by atoms with E-state index in [9.17, 15) is 18.0 Å². The molecule has 2 amide bonds. The SMILES string of the molecule is CC(=O)N1C[C@H]2C3(CCN(S(=O)(=O)c4ccccc4)CC3)CC[C@@]2(C(=O)N(C)C)C1. The largest absolute Gasteiger partial charge is 0.348 e. The van der Waals surface area contributed by atoms with Gasteiger partial charge in [0.25, 0.3) is 0 Å². The van der Waals surface area contributed by atoms with Crippen LogP contribution in [0.1, 0.15) is 32.6 Å². The number of piperidine rings is 1. The lowest BCUT2D eigenvalue weighted by Crippen LogP contribution is -2.49. The van der Waals surface area contributed by atoms with Crippen LogP contribution >= 0.6 is 0 Å². The molecule has 0 unspecified atom stereocenters. The minimum absolute atomic E-state index is 0.00886. The molecule has 2 heterocycles. The van der Waals surface area contributed by atoms with Crippen molar-refractivity contribution in [2.45, 2.75) is 37.5 Å². The zero-order chi connectivity index (χ0) is 21.7. The molecule has 8 heteroatoms. The quantitative estimate of drug-likeness (QED) is 0.728. The molecule has 0 radical (unpaired) electrons. The second-order valence-electron chi connectivity index (χ2n) is 9.39. The molecule has 164 valence electrons. The van der Waals surface area contributed by atoms with Crippen LogP contribution in [0.5, 0.6) is 0 Å². The van der Waals surface area contributed by atoms with Crippen LogP contribution in [-0.4, -0.2) is 74.6 Å². The van der Waals surface area contributed by atoms with E-state index in [1.807, 2.05) is 11.0 Å². The summed E-state index contributed by atoms with van der Waals surface area (Å²) in [7, 11) is 0.0588. The summed E-state index contributed by atoms with van der Waals surface area (Å²) in [5.74, 6) is 0.201. The molecule has 2 saturated heterocycles. The summed E-state index contributed by atoms with van der Waals surface area (Å²) in [4.78, 5) is 29.2. The van der Waals surface area contributed by atoms with E-state index in [-0.39, 0.29) is 23.1 Å². The standard InChI is InChI=1S/C22H31N3O4S/c1-17(26)24-15-19-21(9-10-22(19,16-24)20(27)23(2)3)11-13-25(14-12-21)30(28,29)18-7-5-4-6-8-18/h4-8,19H,9-16H2,1-3H3/t19-,22+/m0/s1. The highest BCUT2D eigenvalue weighted by Crippen LogP contribution is 2.62. The maximum Gasteiger partial charge on any atom is 0.243 e. The zero-order valence-electron chi connectivity index (χ0n) is 18.0. The zero-order valence-corrected chi connectivity index (χ0v) is 18.8. The maximum atomic E-state index is 13.2. The fourth-order valence-corrected chi connectivity index (χ4v) is 7.57. The Bertz CT molecular complexity index is 938. The first-order chi connectivity index (χ1) is 14.1. The van der Waals surface area contributed by atoms with Crippen molar-refractivity contribution >= 4 is 21.8 Å². The Morgan fingerprint density at radius 3 is 2.23 bits per heavy atom. The monoisotopic (exact) mass is 433 g/mol.